The minimum atomic E-state index is -3.84. The second-order valence-corrected chi connectivity index (χ2v) is 12.7. The third-order valence-electron chi connectivity index (χ3n) is 6.98. The summed E-state index contributed by atoms with van der Waals surface area (Å²) in [7, 11) is -0.456. The molecule has 1 N–H and O–H groups in total. The number of carbonyl (C=O) groups excluding carboxylic acids is 1. The molecule has 0 radical (unpaired) electrons. The molecule has 0 saturated carbocycles. The molecule has 2 aromatic carbocycles. The normalized spacial score (nSPS) is 21.4. The SMILES string of the molecule is CO[C@H]1CN(C)C(=O)c2cc(NS(=O)(=O)c3ccc(C)cc3)ccc2OC[C@H](C)N(Cc2nccs2)C[C@@H]1C. The molecular formula is C28H36N4O5S2. The Balaban J connectivity index is 1.65. The fraction of sp³-hybridized carbons (Fsp3) is 0.429. The van der Waals surface area contributed by atoms with E-state index in [9.17, 15) is 13.2 Å². The summed E-state index contributed by atoms with van der Waals surface area (Å²) in [5, 5.41) is 2.99. The summed E-state index contributed by atoms with van der Waals surface area (Å²) in [5.74, 6) is 0.247. The number of aromatic nitrogens is 1. The number of nitrogens with zero attached hydrogens (tertiary/aromatic N) is 3. The number of methoxy groups -OCH3 is 1. The molecule has 0 aliphatic carbocycles. The number of sulfonamides is 1. The highest BCUT2D eigenvalue weighted by molar-refractivity contribution is 7.92. The van der Waals surface area contributed by atoms with Crippen molar-refractivity contribution in [3.8, 4) is 5.75 Å². The number of likely N-dealkylation sites (N-methyl/N-ethyl adjacent to an activating group) is 1. The maximum Gasteiger partial charge on any atom is 0.261 e. The molecule has 0 fully saturated rings. The molecule has 1 aliphatic rings. The number of fused-ring (bicyclic) bond motifs is 1. The average Bonchev–Trinajstić information content (AvgIpc) is 3.42. The minimum absolute atomic E-state index is 0.0219. The Morgan fingerprint density at radius 1 is 1.15 bits per heavy atom. The first kappa shape index (κ1) is 29.0. The summed E-state index contributed by atoms with van der Waals surface area (Å²) in [6.45, 7) is 8.24. The van der Waals surface area contributed by atoms with Gasteiger partial charge in [0, 0.05) is 50.6 Å². The van der Waals surface area contributed by atoms with Crippen molar-refractivity contribution in [3.63, 3.8) is 0 Å². The second-order valence-electron chi connectivity index (χ2n) is 10.1. The summed E-state index contributed by atoms with van der Waals surface area (Å²) in [6.07, 6.45) is 1.61. The van der Waals surface area contributed by atoms with E-state index < -0.39 is 10.0 Å². The number of rotatable bonds is 6. The van der Waals surface area contributed by atoms with E-state index in [0.29, 0.717) is 25.4 Å². The highest BCUT2D eigenvalue weighted by Gasteiger charge is 2.29. The van der Waals surface area contributed by atoms with Crippen molar-refractivity contribution in [2.75, 3.05) is 38.6 Å². The molecule has 2 heterocycles. The predicted octanol–water partition coefficient (Wildman–Crippen LogP) is 4.26. The van der Waals surface area contributed by atoms with Crippen molar-refractivity contribution in [1.29, 1.82) is 0 Å². The third-order valence-corrected chi connectivity index (χ3v) is 9.14. The number of anilines is 1. The molecule has 3 aromatic rings. The lowest BCUT2D eigenvalue weighted by atomic mass is 10.0. The largest absolute Gasteiger partial charge is 0.491 e. The van der Waals surface area contributed by atoms with Crippen molar-refractivity contribution in [2.45, 2.75) is 44.4 Å². The Morgan fingerprint density at radius 3 is 2.56 bits per heavy atom. The summed E-state index contributed by atoms with van der Waals surface area (Å²) < 4.78 is 40.6. The van der Waals surface area contributed by atoms with E-state index in [4.69, 9.17) is 9.47 Å². The zero-order valence-electron chi connectivity index (χ0n) is 23.0. The molecule has 0 saturated heterocycles. The van der Waals surface area contributed by atoms with Gasteiger partial charge in [-0.1, -0.05) is 24.6 Å². The lowest BCUT2D eigenvalue weighted by Crippen LogP contribution is -2.46. The third kappa shape index (κ3) is 7.16. The lowest BCUT2D eigenvalue weighted by Gasteiger charge is -2.35. The number of carbonyl (C=O) groups is 1. The number of thiazole rings is 1. The Hall–Kier alpha value is -2.99. The second kappa shape index (κ2) is 12.5. The van der Waals surface area contributed by atoms with Crippen molar-refractivity contribution in [2.24, 2.45) is 5.92 Å². The quantitative estimate of drug-likeness (QED) is 0.471. The van der Waals surface area contributed by atoms with Crippen LogP contribution in [0.2, 0.25) is 0 Å². The summed E-state index contributed by atoms with van der Waals surface area (Å²) in [6, 6.07) is 11.4. The van der Waals surface area contributed by atoms with Crippen LogP contribution in [0.3, 0.4) is 0 Å². The van der Waals surface area contributed by atoms with Gasteiger partial charge in [-0.3, -0.25) is 14.4 Å². The van der Waals surface area contributed by atoms with Crippen molar-refractivity contribution in [3.05, 3.63) is 70.2 Å². The van der Waals surface area contributed by atoms with Crippen LogP contribution < -0.4 is 9.46 Å². The molecule has 9 nitrogen and oxygen atoms in total. The highest BCUT2D eigenvalue weighted by atomic mass is 32.2. The Kier molecular flexibility index (Phi) is 9.27. The fourth-order valence-corrected chi connectivity index (χ4v) is 6.26. The van der Waals surface area contributed by atoms with E-state index in [0.717, 1.165) is 17.1 Å². The molecule has 39 heavy (non-hydrogen) atoms. The zero-order chi connectivity index (χ0) is 28.2. The van der Waals surface area contributed by atoms with Crippen LogP contribution in [0.4, 0.5) is 5.69 Å². The maximum atomic E-state index is 13.6. The van der Waals surface area contributed by atoms with Gasteiger partial charge in [0.2, 0.25) is 0 Å². The zero-order valence-corrected chi connectivity index (χ0v) is 24.6. The number of benzene rings is 2. The van der Waals surface area contributed by atoms with Gasteiger partial charge in [0.15, 0.2) is 0 Å². The number of hydrogen-bond donors (Lipinski definition) is 1. The maximum absolute atomic E-state index is 13.6. The van der Waals surface area contributed by atoms with E-state index >= 15 is 0 Å². The van der Waals surface area contributed by atoms with Gasteiger partial charge in [-0.2, -0.15) is 0 Å². The van der Waals surface area contributed by atoms with Crippen molar-refractivity contribution in [1.82, 2.24) is 14.8 Å². The molecule has 3 atom stereocenters. The van der Waals surface area contributed by atoms with Gasteiger partial charge in [-0.05, 0) is 50.1 Å². The number of nitrogens with one attached hydrogen (secondary N) is 1. The molecule has 210 valence electrons. The van der Waals surface area contributed by atoms with Gasteiger partial charge < -0.3 is 14.4 Å². The Bertz CT molecular complexity index is 1360. The van der Waals surface area contributed by atoms with E-state index in [2.05, 4.69) is 28.5 Å². The smallest absolute Gasteiger partial charge is 0.261 e. The first-order valence-electron chi connectivity index (χ1n) is 12.8. The van der Waals surface area contributed by atoms with E-state index in [1.807, 2.05) is 12.3 Å². The number of ether oxygens (including phenoxy) is 2. The molecule has 1 amide bonds. The van der Waals surface area contributed by atoms with Crippen LogP contribution >= 0.6 is 11.3 Å². The summed E-state index contributed by atoms with van der Waals surface area (Å²) in [5.41, 5.74) is 1.52. The lowest BCUT2D eigenvalue weighted by molar-refractivity contribution is 0.00921. The molecule has 4 rings (SSSR count). The molecular weight excluding hydrogens is 536 g/mol. The van der Waals surface area contributed by atoms with Crippen molar-refractivity contribution < 1.29 is 22.7 Å². The minimum Gasteiger partial charge on any atom is -0.491 e. The van der Waals surface area contributed by atoms with E-state index in [-0.39, 0.29) is 40.1 Å². The van der Waals surface area contributed by atoms with Gasteiger partial charge in [0.05, 0.1) is 23.1 Å². The van der Waals surface area contributed by atoms with Gasteiger partial charge in [-0.15, -0.1) is 11.3 Å². The van der Waals surface area contributed by atoms with Gasteiger partial charge in [-0.25, -0.2) is 13.4 Å². The molecule has 1 aliphatic heterocycles. The standard InChI is InChI=1S/C28H36N4O5S2/c1-19-6-9-23(10-7-19)39(34,35)30-22-8-11-25-24(14-22)28(33)31(4)16-26(36-5)20(2)15-32(21(3)18-37-25)17-27-29-12-13-38-27/h6-14,20-21,26,30H,15-18H2,1-5H3/t20-,21-,26-/m0/s1. The molecule has 1 aromatic heterocycles. The highest BCUT2D eigenvalue weighted by Crippen LogP contribution is 2.28. The molecule has 0 unspecified atom stereocenters. The van der Waals surface area contributed by atoms with Crippen LogP contribution in [0.25, 0.3) is 0 Å². The number of aryl methyl sites for hydroxylation is 1. The molecule has 0 spiro atoms. The van der Waals surface area contributed by atoms with Gasteiger partial charge >= 0.3 is 0 Å². The fourth-order valence-electron chi connectivity index (χ4n) is 4.57. The summed E-state index contributed by atoms with van der Waals surface area (Å²) >= 11 is 1.62. The number of amides is 1. The predicted molar refractivity (Wildman–Crippen MR) is 153 cm³/mol. The molecule has 0 bridgehead atoms. The van der Waals surface area contributed by atoms with Gasteiger partial charge in [0.25, 0.3) is 15.9 Å². The van der Waals surface area contributed by atoms with Gasteiger partial charge in [0.1, 0.15) is 17.4 Å². The van der Waals surface area contributed by atoms with Crippen LogP contribution in [0.1, 0.15) is 34.8 Å². The Labute approximate surface area is 234 Å². The summed E-state index contributed by atoms with van der Waals surface area (Å²) in [4.78, 5) is 22.1. The van der Waals surface area contributed by atoms with Crippen LogP contribution in [0.15, 0.2) is 58.9 Å². The topological polar surface area (TPSA) is 101 Å². The van der Waals surface area contributed by atoms with Crippen LogP contribution in [-0.4, -0.2) is 75.1 Å². The van der Waals surface area contributed by atoms with E-state index in [1.54, 1.807) is 73.0 Å². The van der Waals surface area contributed by atoms with Crippen LogP contribution in [-0.2, 0) is 21.3 Å². The van der Waals surface area contributed by atoms with Crippen molar-refractivity contribution >= 4 is 33.0 Å². The first-order valence-corrected chi connectivity index (χ1v) is 15.2. The monoisotopic (exact) mass is 572 g/mol. The molecule has 11 heteroatoms. The average molecular weight is 573 g/mol. The first-order chi connectivity index (χ1) is 18.6. The Morgan fingerprint density at radius 2 is 1.90 bits per heavy atom. The van der Waals surface area contributed by atoms with Crippen LogP contribution in [0, 0.1) is 12.8 Å². The van der Waals surface area contributed by atoms with E-state index in [1.165, 1.54) is 6.07 Å². The van der Waals surface area contributed by atoms with Crippen LogP contribution in [0.5, 0.6) is 5.75 Å². The number of hydrogen-bond acceptors (Lipinski definition) is 8.